The van der Waals surface area contributed by atoms with Gasteiger partial charge in [-0.25, -0.2) is 0 Å². The summed E-state index contributed by atoms with van der Waals surface area (Å²) in [4.78, 5) is 22.2. The predicted molar refractivity (Wildman–Crippen MR) is 50.5 cm³/mol. The Hall–Kier alpha value is -1.12. The first-order chi connectivity index (χ1) is 6.66. The number of esters is 1. The van der Waals surface area contributed by atoms with Crippen molar-refractivity contribution in [3.8, 4) is 0 Å². The van der Waals surface area contributed by atoms with Crippen LogP contribution in [-0.4, -0.2) is 18.4 Å². The van der Waals surface area contributed by atoms with Crippen LogP contribution in [0.3, 0.4) is 0 Å². The van der Waals surface area contributed by atoms with Crippen molar-refractivity contribution in [1.29, 1.82) is 0 Å². The second kappa shape index (κ2) is 3.56. The van der Waals surface area contributed by atoms with Crippen molar-refractivity contribution in [2.45, 2.75) is 19.8 Å². The Balaban J connectivity index is 1.87. The number of rotatable bonds is 3. The lowest BCUT2D eigenvalue weighted by atomic mass is 9.94. The molecule has 0 amide bonds. The third-order valence-corrected chi connectivity index (χ3v) is 3.00. The number of fused-ring (bicyclic) bond motifs is 2. The van der Waals surface area contributed by atoms with Gasteiger partial charge in [-0.15, -0.1) is 0 Å². The molecule has 2 unspecified atom stereocenters. The Bertz CT molecular complexity index is 293. The van der Waals surface area contributed by atoms with Gasteiger partial charge in [-0.05, 0) is 31.6 Å². The van der Waals surface area contributed by atoms with Gasteiger partial charge in [-0.1, -0.05) is 12.2 Å². The van der Waals surface area contributed by atoms with Gasteiger partial charge in [-0.2, -0.15) is 0 Å². The van der Waals surface area contributed by atoms with Crippen LogP contribution in [-0.2, 0) is 14.3 Å². The number of Topliss-reactive ketones (excluding diaryl/α,β-unsaturated/α-hetero) is 1. The van der Waals surface area contributed by atoms with Gasteiger partial charge in [0.25, 0.3) is 0 Å². The molecular formula is C11H14O3. The van der Waals surface area contributed by atoms with Crippen molar-refractivity contribution in [2.24, 2.45) is 17.8 Å². The molecule has 14 heavy (non-hydrogen) atoms. The quantitative estimate of drug-likeness (QED) is 0.503. The average Bonchev–Trinajstić information content (AvgIpc) is 2.74. The van der Waals surface area contributed by atoms with E-state index in [0.29, 0.717) is 11.8 Å². The van der Waals surface area contributed by atoms with Crippen LogP contribution in [0, 0.1) is 17.8 Å². The standard InChI is InChI=1S/C11H14O3/c1-7(12)6-14-11(13)10-5-8-2-3-9(10)4-8/h2-3,8-10H,4-6H2,1H3/t8-,9?,10?/m1/s1. The van der Waals surface area contributed by atoms with Gasteiger partial charge >= 0.3 is 5.97 Å². The van der Waals surface area contributed by atoms with Crippen LogP contribution in [0.4, 0.5) is 0 Å². The Kier molecular flexibility index (Phi) is 2.40. The number of hydrogen-bond donors (Lipinski definition) is 0. The van der Waals surface area contributed by atoms with Crippen LogP contribution >= 0.6 is 0 Å². The zero-order chi connectivity index (χ0) is 10.1. The summed E-state index contributed by atoms with van der Waals surface area (Å²) in [6.45, 7) is 1.35. The molecule has 1 saturated carbocycles. The predicted octanol–water partition coefficient (Wildman–Crippen LogP) is 1.33. The number of hydrogen-bond acceptors (Lipinski definition) is 3. The minimum Gasteiger partial charge on any atom is -0.457 e. The second-order valence-electron chi connectivity index (χ2n) is 4.20. The van der Waals surface area contributed by atoms with Crippen molar-refractivity contribution in [3.63, 3.8) is 0 Å². The lowest BCUT2D eigenvalue weighted by Crippen LogP contribution is -2.23. The van der Waals surface area contributed by atoms with Gasteiger partial charge < -0.3 is 4.74 Å². The molecule has 0 saturated heterocycles. The summed E-state index contributed by atoms with van der Waals surface area (Å²) in [5.74, 6) is 0.632. The minimum absolute atomic E-state index is 0.00403. The Morgan fingerprint density at radius 3 is 2.64 bits per heavy atom. The SMILES string of the molecule is CC(=O)COC(=O)C1C[C@@H]2C=CC1C2. The van der Waals surface area contributed by atoms with Crippen LogP contribution < -0.4 is 0 Å². The zero-order valence-electron chi connectivity index (χ0n) is 8.23. The van der Waals surface area contributed by atoms with E-state index >= 15 is 0 Å². The maximum absolute atomic E-state index is 11.5. The summed E-state index contributed by atoms with van der Waals surface area (Å²) in [6.07, 6.45) is 6.27. The molecule has 3 heteroatoms. The van der Waals surface area contributed by atoms with E-state index in [1.807, 2.05) is 0 Å². The lowest BCUT2D eigenvalue weighted by Gasteiger charge is -2.15. The number of ether oxygens (including phenoxy) is 1. The number of carbonyl (C=O) groups is 2. The molecule has 0 N–H and O–H groups in total. The smallest absolute Gasteiger partial charge is 0.309 e. The molecule has 0 spiro atoms. The molecule has 1 fully saturated rings. The second-order valence-corrected chi connectivity index (χ2v) is 4.20. The van der Waals surface area contributed by atoms with Crippen molar-refractivity contribution in [1.82, 2.24) is 0 Å². The van der Waals surface area contributed by atoms with Crippen molar-refractivity contribution in [2.75, 3.05) is 6.61 Å². The molecule has 0 aromatic rings. The highest BCUT2D eigenvalue weighted by atomic mass is 16.5. The first kappa shape index (κ1) is 9.44. The Morgan fingerprint density at radius 2 is 2.14 bits per heavy atom. The lowest BCUT2D eigenvalue weighted by molar-refractivity contribution is -0.152. The molecule has 0 heterocycles. The summed E-state index contributed by atoms with van der Waals surface area (Å²) < 4.78 is 4.92. The van der Waals surface area contributed by atoms with Gasteiger partial charge in [0, 0.05) is 0 Å². The molecular weight excluding hydrogens is 180 g/mol. The maximum atomic E-state index is 11.5. The van der Waals surface area contributed by atoms with Crippen LogP contribution in [0.1, 0.15) is 19.8 Å². The summed E-state index contributed by atoms with van der Waals surface area (Å²) in [5.41, 5.74) is 0. The molecule has 3 atom stereocenters. The molecule has 2 aliphatic rings. The fourth-order valence-corrected chi connectivity index (χ4v) is 2.33. The van der Waals surface area contributed by atoms with Crippen LogP contribution in [0.15, 0.2) is 12.2 Å². The largest absolute Gasteiger partial charge is 0.457 e. The highest BCUT2D eigenvalue weighted by Crippen LogP contribution is 2.43. The van der Waals surface area contributed by atoms with E-state index in [0.717, 1.165) is 12.8 Å². The van der Waals surface area contributed by atoms with Gasteiger partial charge in [0.2, 0.25) is 0 Å². The third-order valence-electron chi connectivity index (χ3n) is 3.00. The summed E-state index contributed by atoms with van der Waals surface area (Å²) in [7, 11) is 0. The van der Waals surface area contributed by atoms with Crippen LogP contribution in [0.25, 0.3) is 0 Å². The van der Waals surface area contributed by atoms with Gasteiger partial charge in [0.05, 0.1) is 5.92 Å². The fourth-order valence-electron chi connectivity index (χ4n) is 2.33. The summed E-state index contributed by atoms with van der Waals surface area (Å²) in [5, 5.41) is 0. The van der Waals surface area contributed by atoms with E-state index in [1.54, 1.807) is 0 Å². The van der Waals surface area contributed by atoms with Gasteiger partial charge in [0.15, 0.2) is 5.78 Å². The first-order valence-corrected chi connectivity index (χ1v) is 5.01. The Labute approximate surface area is 83.1 Å². The zero-order valence-corrected chi connectivity index (χ0v) is 8.23. The van der Waals surface area contributed by atoms with E-state index in [1.165, 1.54) is 6.92 Å². The van der Waals surface area contributed by atoms with Crippen molar-refractivity contribution in [3.05, 3.63) is 12.2 Å². The van der Waals surface area contributed by atoms with Crippen LogP contribution in [0.2, 0.25) is 0 Å². The molecule has 0 aromatic carbocycles. The van der Waals surface area contributed by atoms with E-state index in [4.69, 9.17) is 4.74 Å². The minimum atomic E-state index is -0.197. The summed E-state index contributed by atoms with van der Waals surface area (Å²) >= 11 is 0. The number of ketones is 1. The van der Waals surface area contributed by atoms with E-state index in [2.05, 4.69) is 12.2 Å². The summed E-state index contributed by atoms with van der Waals surface area (Å²) in [6, 6.07) is 0. The molecule has 2 aliphatic carbocycles. The molecule has 0 radical (unpaired) electrons. The maximum Gasteiger partial charge on any atom is 0.309 e. The molecule has 76 valence electrons. The number of carbonyl (C=O) groups excluding carboxylic acids is 2. The molecule has 2 bridgehead atoms. The first-order valence-electron chi connectivity index (χ1n) is 5.01. The average molecular weight is 194 g/mol. The molecule has 2 rings (SSSR count). The van der Waals surface area contributed by atoms with E-state index in [9.17, 15) is 9.59 Å². The highest BCUT2D eigenvalue weighted by Gasteiger charge is 2.40. The molecule has 0 aromatic heterocycles. The topological polar surface area (TPSA) is 43.4 Å². The van der Waals surface area contributed by atoms with E-state index in [-0.39, 0.29) is 24.3 Å². The normalized spacial score (nSPS) is 33.4. The van der Waals surface area contributed by atoms with Crippen LogP contribution in [0.5, 0.6) is 0 Å². The highest BCUT2D eigenvalue weighted by molar-refractivity contribution is 5.81. The van der Waals surface area contributed by atoms with Crippen molar-refractivity contribution < 1.29 is 14.3 Å². The third kappa shape index (κ3) is 1.72. The monoisotopic (exact) mass is 194 g/mol. The molecule has 3 nitrogen and oxygen atoms in total. The van der Waals surface area contributed by atoms with E-state index < -0.39 is 0 Å². The van der Waals surface area contributed by atoms with Crippen molar-refractivity contribution >= 4 is 11.8 Å². The fraction of sp³-hybridized carbons (Fsp3) is 0.636. The van der Waals surface area contributed by atoms with Gasteiger partial charge in [0.1, 0.15) is 6.61 Å². The van der Waals surface area contributed by atoms with Gasteiger partial charge in [-0.3, -0.25) is 9.59 Å². The Morgan fingerprint density at radius 1 is 1.36 bits per heavy atom. The number of allylic oxidation sites excluding steroid dienone is 2. The molecule has 0 aliphatic heterocycles.